The van der Waals surface area contributed by atoms with Gasteiger partial charge < -0.3 is 21.7 Å². The van der Waals surface area contributed by atoms with E-state index in [0.29, 0.717) is 6.54 Å². The topological polar surface area (TPSA) is 67.3 Å². The van der Waals surface area contributed by atoms with Gasteiger partial charge in [-0.1, -0.05) is 0 Å². The maximum absolute atomic E-state index is 5.72. The lowest BCUT2D eigenvalue weighted by molar-refractivity contribution is 0.211. The number of nitrogens with two attached hydrogens (primary N) is 2. The molecule has 4 nitrogen and oxygen atoms in total. The zero-order chi connectivity index (χ0) is 11.1. The van der Waals surface area contributed by atoms with Crippen LogP contribution in [0.5, 0.6) is 0 Å². The molecule has 0 saturated carbocycles. The molecule has 1 aliphatic heterocycles. The van der Waals surface area contributed by atoms with E-state index in [0.717, 1.165) is 19.0 Å². The molecule has 0 aliphatic carbocycles. The van der Waals surface area contributed by atoms with E-state index < -0.39 is 0 Å². The molecule has 0 radical (unpaired) electrons. The van der Waals surface area contributed by atoms with Gasteiger partial charge in [-0.2, -0.15) is 0 Å². The van der Waals surface area contributed by atoms with Crippen molar-refractivity contribution in [2.45, 2.75) is 25.3 Å². The minimum absolute atomic E-state index is 0.113. The Morgan fingerprint density at radius 2 is 2.07 bits per heavy atom. The van der Waals surface area contributed by atoms with Crippen LogP contribution in [-0.4, -0.2) is 50.7 Å². The highest BCUT2D eigenvalue weighted by Crippen LogP contribution is 2.18. The van der Waals surface area contributed by atoms with Gasteiger partial charge in [0, 0.05) is 19.1 Å². The van der Waals surface area contributed by atoms with Crippen LogP contribution in [0.3, 0.4) is 0 Å². The summed E-state index contributed by atoms with van der Waals surface area (Å²) in [6.07, 6.45) is 3.98. The number of piperidine rings is 1. The van der Waals surface area contributed by atoms with Crippen molar-refractivity contribution in [1.29, 1.82) is 0 Å². The summed E-state index contributed by atoms with van der Waals surface area (Å²) >= 11 is 0. The smallest absolute Gasteiger partial charge is 0.0290 e. The first-order valence-electron chi connectivity index (χ1n) is 6.07. The molecule has 1 unspecified atom stereocenters. The lowest BCUT2D eigenvalue weighted by atomic mass is 9.94. The van der Waals surface area contributed by atoms with Gasteiger partial charge in [-0.3, -0.25) is 0 Å². The van der Waals surface area contributed by atoms with Crippen molar-refractivity contribution in [1.82, 2.24) is 10.2 Å². The van der Waals surface area contributed by atoms with Gasteiger partial charge in [0.05, 0.1) is 0 Å². The number of nitrogens with zero attached hydrogens (tertiary/aromatic N) is 1. The molecule has 0 aromatic carbocycles. The Hall–Kier alpha value is -0.160. The Morgan fingerprint density at radius 1 is 1.40 bits per heavy atom. The first-order valence-corrected chi connectivity index (χ1v) is 6.07. The SMILES string of the molecule is CN1CCC(CCNCC(N)CN)CC1. The van der Waals surface area contributed by atoms with Crippen molar-refractivity contribution < 1.29 is 0 Å². The molecule has 0 amide bonds. The minimum atomic E-state index is 0.113. The van der Waals surface area contributed by atoms with E-state index in [1.165, 1.54) is 32.4 Å². The summed E-state index contributed by atoms with van der Waals surface area (Å²) in [5.74, 6) is 0.905. The van der Waals surface area contributed by atoms with Gasteiger partial charge in [-0.15, -0.1) is 0 Å². The molecule has 1 atom stereocenters. The second kappa shape index (κ2) is 7.17. The van der Waals surface area contributed by atoms with Crippen LogP contribution in [0, 0.1) is 5.92 Å². The molecule has 4 heteroatoms. The highest BCUT2D eigenvalue weighted by Gasteiger charge is 2.15. The maximum atomic E-state index is 5.72. The summed E-state index contributed by atoms with van der Waals surface area (Å²) in [7, 11) is 2.20. The first kappa shape index (κ1) is 12.9. The normalized spacial score (nSPS) is 21.8. The third kappa shape index (κ3) is 5.47. The van der Waals surface area contributed by atoms with E-state index in [2.05, 4.69) is 17.3 Å². The number of rotatable bonds is 6. The minimum Gasteiger partial charge on any atom is -0.329 e. The fourth-order valence-electron chi connectivity index (χ4n) is 2.03. The fourth-order valence-corrected chi connectivity index (χ4v) is 2.03. The summed E-state index contributed by atoms with van der Waals surface area (Å²) in [4.78, 5) is 2.41. The average Bonchev–Trinajstić information content (AvgIpc) is 2.26. The molecule has 0 aromatic rings. The molecular weight excluding hydrogens is 188 g/mol. The van der Waals surface area contributed by atoms with Gasteiger partial charge in [-0.25, -0.2) is 0 Å². The van der Waals surface area contributed by atoms with E-state index in [1.807, 2.05) is 0 Å². The van der Waals surface area contributed by atoms with Gasteiger partial charge in [0.15, 0.2) is 0 Å². The first-order chi connectivity index (χ1) is 7.22. The van der Waals surface area contributed by atoms with E-state index in [4.69, 9.17) is 11.5 Å². The van der Waals surface area contributed by atoms with Crippen LogP contribution in [0.1, 0.15) is 19.3 Å². The third-order valence-corrected chi connectivity index (χ3v) is 3.28. The summed E-state index contributed by atoms with van der Waals surface area (Å²) in [5, 5.41) is 3.38. The molecule has 0 spiro atoms. The van der Waals surface area contributed by atoms with Crippen LogP contribution in [0.25, 0.3) is 0 Å². The molecule has 90 valence electrons. The predicted octanol–water partition coefficient (Wildman–Crippen LogP) is -0.406. The Bertz CT molecular complexity index is 155. The fraction of sp³-hybridized carbons (Fsp3) is 1.00. The van der Waals surface area contributed by atoms with Gasteiger partial charge in [0.2, 0.25) is 0 Å². The second-order valence-corrected chi connectivity index (χ2v) is 4.74. The van der Waals surface area contributed by atoms with Crippen LogP contribution < -0.4 is 16.8 Å². The summed E-state index contributed by atoms with van der Waals surface area (Å²) in [5.41, 5.74) is 11.2. The van der Waals surface area contributed by atoms with Crippen LogP contribution >= 0.6 is 0 Å². The molecule has 1 rings (SSSR count). The van der Waals surface area contributed by atoms with Crippen LogP contribution in [0.15, 0.2) is 0 Å². The zero-order valence-corrected chi connectivity index (χ0v) is 9.91. The maximum Gasteiger partial charge on any atom is 0.0290 e. The average molecular weight is 214 g/mol. The molecule has 1 saturated heterocycles. The highest BCUT2D eigenvalue weighted by molar-refractivity contribution is 4.71. The van der Waals surface area contributed by atoms with Crippen molar-refractivity contribution in [2.24, 2.45) is 17.4 Å². The summed E-state index contributed by atoms with van der Waals surface area (Å²) in [6, 6.07) is 0.113. The Balaban J connectivity index is 1.96. The van der Waals surface area contributed by atoms with Crippen LogP contribution in [0.4, 0.5) is 0 Å². The van der Waals surface area contributed by atoms with Crippen molar-refractivity contribution in [3.63, 3.8) is 0 Å². The van der Waals surface area contributed by atoms with Crippen molar-refractivity contribution >= 4 is 0 Å². The third-order valence-electron chi connectivity index (χ3n) is 3.28. The van der Waals surface area contributed by atoms with E-state index in [1.54, 1.807) is 0 Å². The highest BCUT2D eigenvalue weighted by atomic mass is 15.1. The van der Waals surface area contributed by atoms with Gasteiger partial charge in [-0.05, 0) is 51.9 Å². The standard InChI is InChI=1S/C11H26N4/c1-15-6-3-10(4-7-15)2-5-14-9-11(13)8-12/h10-11,14H,2-9,12-13H2,1H3. The predicted molar refractivity (Wildman–Crippen MR) is 64.7 cm³/mol. The number of likely N-dealkylation sites (tertiary alicyclic amines) is 1. The largest absolute Gasteiger partial charge is 0.329 e. The molecular formula is C11H26N4. The van der Waals surface area contributed by atoms with E-state index >= 15 is 0 Å². The number of hydrogen-bond acceptors (Lipinski definition) is 4. The van der Waals surface area contributed by atoms with Gasteiger partial charge in [0.1, 0.15) is 0 Å². The number of nitrogens with one attached hydrogen (secondary N) is 1. The molecule has 5 N–H and O–H groups in total. The molecule has 1 heterocycles. The van der Waals surface area contributed by atoms with Crippen molar-refractivity contribution in [3.8, 4) is 0 Å². The van der Waals surface area contributed by atoms with Crippen molar-refractivity contribution in [3.05, 3.63) is 0 Å². The molecule has 1 fully saturated rings. The lowest BCUT2D eigenvalue weighted by Gasteiger charge is -2.29. The molecule has 1 aliphatic rings. The molecule has 15 heavy (non-hydrogen) atoms. The Labute approximate surface area is 93.4 Å². The van der Waals surface area contributed by atoms with Crippen LogP contribution in [0.2, 0.25) is 0 Å². The van der Waals surface area contributed by atoms with Gasteiger partial charge in [0.25, 0.3) is 0 Å². The van der Waals surface area contributed by atoms with E-state index in [-0.39, 0.29) is 6.04 Å². The summed E-state index contributed by atoms with van der Waals surface area (Å²) in [6.45, 7) is 5.02. The van der Waals surface area contributed by atoms with Crippen molar-refractivity contribution in [2.75, 3.05) is 39.8 Å². The Morgan fingerprint density at radius 3 is 2.67 bits per heavy atom. The van der Waals surface area contributed by atoms with Gasteiger partial charge >= 0.3 is 0 Å². The molecule has 0 aromatic heterocycles. The summed E-state index contributed by atoms with van der Waals surface area (Å²) < 4.78 is 0. The van der Waals surface area contributed by atoms with Crippen LogP contribution in [-0.2, 0) is 0 Å². The second-order valence-electron chi connectivity index (χ2n) is 4.74. The number of hydrogen-bond donors (Lipinski definition) is 3. The zero-order valence-electron chi connectivity index (χ0n) is 9.91. The quantitative estimate of drug-likeness (QED) is 0.526. The molecule has 0 bridgehead atoms. The Kier molecular flexibility index (Phi) is 6.17. The van der Waals surface area contributed by atoms with E-state index in [9.17, 15) is 0 Å². The lowest BCUT2D eigenvalue weighted by Crippen LogP contribution is -2.40. The monoisotopic (exact) mass is 214 g/mol.